The van der Waals surface area contributed by atoms with Crippen LogP contribution in [0.4, 0.5) is 61.5 Å². The fraction of sp³-hybridized carbons (Fsp3) is 0.304. The summed E-state index contributed by atoms with van der Waals surface area (Å²) < 4.78 is 205. The minimum atomic E-state index is -6.35. The average molecular weight is 1300 g/mol. The van der Waals surface area contributed by atoms with Crippen LogP contribution in [0.25, 0.3) is 45.2 Å². The van der Waals surface area contributed by atoms with Crippen molar-refractivity contribution in [2.24, 2.45) is 11.7 Å². The Morgan fingerprint density at radius 2 is 0.859 bits per heavy atom. The third kappa shape index (κ3) is 15.3. The van der Waals surface area contributed by atoms with Gasteiger partial charge < -0.3 is 19.9 Å². The average Bonchev–Trinajstić information content (AvgIpc) is 4.18. The number of carboxylic acids is 1. The van der Waals surface area contributed by atoms with E-state index >= 15 is 0 Å². The van der Waals surface area contributed by atoms with Gasteiger partial charge in [-0.1, -0.05) is 99.5 Å². The van der Waals surface area contributed by atoms with Crippen molar-refractivity contribution in [1.29, 1.82) is 0 Å². The number of hydrogen-bond donors (Lipinski definition) is 2. The van der Waals surface area contributed by atoms with Crippen LogP contribution in [-0.4, -0.2) is 62.1 Å². The van der Waals surface area contributed by atoms with Gasteiger partial charge in [-0.15, -0.1) is 0 Å². The van der Waals surface area contributed by atoms with Gasteiger partial charge in [0.1, 0.15) is 11.4 Å². The number of carbonyl (C=O) groups is 2. The molecule has 0 radical (unpaired) electrons. The number of carbonyl (C=O) groups excluding carboxylic acids is 1. The van der Waals surface area contributed by atoms with Gasteiger partial charge in [-0.25, -0.2) is 17.8 Å². The van der Waals surface area contributed by atoms with Crippen molar-refractivity contribution < 1.29 is 89.4 Å². The molecular formula is C46H31Cl8F14N3O6S. The Morgan fingerprint density at radius 3 is 1.14 bits per heavy atom. The number of alkyl halides is 14. The highest BCUT2D eigenvalue weighted by molar-refractivity contribution is 8.26. The molecule has 0 bridgehead atoms. The molecule has 0 spiro atoms. The van der Waals surface area contributed by atoms with Gasteiger partial charge in [0, 0.05) is 73.8 Å². The van der Waals surface area contributed by atoms with E-state index in [9.17, 15) is 71.1 Å². The number of ketones is 1. The first-order valence-electron chi connectivity index (χ1n) is 20.8. The second kappa shape index (κ2) is 25.4. The second-order valence-electron chi connectivity index (χ2n) is 16.4. The maximum Gasteiger partial charge on any atom is 0.435 e. The molecule has 2 aliphatic carbocycles. The van der Waals surface area contributed by atoms with E-state index < -0.39 is 82.5 Å². The van der Waals surface area contributed by atoms with E-state index in [1.165, 1.54) is 49.2 Å². The summed E-state index contributed by atoms with van der Waals surface area (Å²) in [6, 6.07) is 11.9. The molecule has 0 atom stereocenters. The summed E-state index contributed by atoms with van der Waals surface area (Å²) >= 11 is 35.5. The molecule has 9 nitrogen and oxygen atoms in total. The van der Waals surface area contributed by atoms with Crippen LogP contribution in [0.3, 0.4) is 0 Å². The maximum atomic E-state index is 14.4. The molecule has 0 aliphatic heterocycles. The number of halogens is 22. The Balaban J connectivity index is 0.000000292. The number of nitrogens with zero attached hydrogens (tertiary/aromatic N) is 2. The Hall–Kier alpha value is -4.11. The van der Waals surface area contributed by atoms with Crippen LogP contribution < -0.4 is 5.73 Å². The Labute approximate surface area is 472 Å². The molecule has 2 fully saturated rings. The maximum absolute atomic E-state index is 14.4. The first-order valence-corrected chi connectivity index (χ1v) is 25.8. The topological polar surface area (TPSA) is 150 Å². The molecule has 2 aliphatic rings. The molecule has 8 rings (SSSR count). The molecule has 0 unspecified atom stereocenters. The number of aromatic carboxylic acids is 1. The minimum absolute atomic E-state index is 0. The van der Waals surface area contributed by atoms with Crippen molar-refractivity contribution in [3.05, 3.63) is 125 Å². The first-order chi connectivity index (χ1) is 35.3. The SMILES string of the molecule is C.NC1CC1.O=C(CC1CC1)c1cc(-c2cc(-c3c(Cl)cc(C(F)(C(F)(F)F)C(F)(F)F)cc3Cl)on2)ccc1Cl.O=C(O)c1cc(-c2cc(-c3c(Cl)cc(C(F)(C(F)(F)F)C(F)(F)F)cc3Cl)on2)ccc1Cl.O=S(Cl)Cl. The van der Waals surface area contributed by atoms with E-state index in [1.807, 2.05) is 0 Å². The van der Waals surface area contributed by atoms with Crippen molar-refractivity contribution in [3.8, 4) is 45.2 Å². The molecule has 426 valence electrons. The predicted molar refractivity (Wildman–Crippen MR) is 267 cm³/mol. The van der Waals surface area contributed by atoms with Gasteiger partial charge in [0.15, 0.2) is 17.3 Å². The first kappa shape index (κ1) is 66.4. The van der Waals surface area contributed by atoms with E-state index in [0.29, 0.717) is 23.9 Å². The van der Waals surface area contributed by atoms with E-state index in [4.69, 9.17) is 93.7 Å². The van der Waals surface area contributed by atoms with Gasteiger partial charge in [-0.3, -0.25) is 4.79 Å². The van der Waals surface area contributed by atoms with Crippen molar-refractivity contribution in [3.63, 3.8) is 0 Å². The lowest BCUT2D eigenvalue weighted by Crippen LogP contribution is -2.50. The number of Topliss-reactive ketones (excluding diaryl/α,β-unsaturated/α-hetero) is 1. The predicted octanol–water partition coefficient (Wildman–Crippen LogP) is 19.0. The van der Waals surface area contributed by atoms with Crippen LogP contribution in [-0.2, 0) is 20.6 Å². The zero-order valence-electron chi connectivity index (χ0n) is 37.3. The van der Waals surface area contributed by atoms with Gasteiger partial charge in [0.05, 0.1) is 46.8 Å². The molecule has 0 saturated heterocycles. The van der Waals surface area contributed by atoms with Crippen LogP contribution >= 0.6 is 91.0 Å². The van der Waals surface area contributed by atoms with Crippen LogP contribution in [0.2, 0.25) is 30.1 Å². The third-order valence-electron chi connectivity index (χ3n) is 10.8. The van der Waals surface area contributed by atoms with Crippen molar-refractivity contribution >= 4 is 112 Å². The molecule has 2 saturated carbocycles. The largest absolute Gasteiger partial charge is 0.478 e. The molecule has 4 aromatic carbocycles. The smallest absolute Gasteiger partial charge is 0.435 e. The van der Waals surface area contributed by atoms with E-state index in [0.717, 1.165) is 25.0 Å². The molecule has 0 amide bonds. The highest BCUT2D eigenvalue weighted by Gasteiger charge is 2.74. The molecule has 6 aromatic rings. The van der Waals surface area contributed by atoms with Gasteiger partial charge in [-0.2, -0.15) is 52.7 Å². The normalized spacial score (nSPS) is 14.1. The molecule has 2 heterocycles. The van der Waals surface area contributed by atoms with Gasteiger partial charge in [-0.05, 0) is 80.1 Å². The number of hydrogen-bond acceptors (Lipinski definition) is 8. The van der Waals surface area contributed by atoms with Crippen molar-refractivity contribution in [1.82, 2.24) is 10.3 Å². The van der Waals surface area contributed by atoms with Crippen molar-refractivity contribution in [2.45, 2.75) is 81.6 Å². The summed E-state index contributed by atoms with van der Waals surface area (Å²) in [5, 5.41) is 13.8. The zero-order valence-corrected chi connectivity index (χ0v) is 44.2. The summed E-state index contributed by atoms with van der Waals surface area (Å²) in [6.45, 7) is 0. The summed E-state index contributed by atoms with van der Waals surface area (Å²) in [5.41, 5.74) is -9.80. The summed E-state index contributed by atoms with van der Waals surface area (Å²) in [6.07, 6.45) is -20.6. The zero-order chi connectivity index (χ0) is 58.1. The number of rotatable bonds is 10. The fourth-order valence-corrected chi connectivity index (χ4v) is 8.35. The third-order valence-corrected chi connectivity index (χ3v) is 12.7. The van der Waals surface area contributed by atoms with Crippen LogP contribution in [0, 0.1) is 5.92 Å². The monoisotopic (exact) mass is 1300 g/mol. The van der Waals surface area contributed by atoms with Gasteiger partial charge >= 0.3 is 42.0 Å². The number of carboxylic acid groups (broad SMARTS) is 1. The standard InChI is InChI=1S/C23H13Cl3F7NO2.C19H7Cl3F7NO3.C3H7N.CH4.Cl2OS/c24-14-4-3-11(6-13(14)18(35)5-10-1-2-10)17-9-19(36-34-17)20-15(25)7-12(8-16(20)26)21(27,22(28,29)30)23(31,32)33;20-10-2-1-7(3-9(10)16(31)32)13-6-14(33-30-13)15-11(21)4-8(5-12(15)22)17(23,18(24,25)26)19(27,28)29;4-3-1-2-3;;1-4(2)3/h3-4,6-10H,1-2,5H2;1-6H,(H,31,32);3H,1-2,4H2;1H4;. The van der Waals surface area contributed by atoms with Crippen LogP contribution in [0.15, 0.2) is 81.8 Å². The lowest BCUT2D eigenvalue weighted by molar-refractivity contribution is -0.349. The molecular weight excluding hydrogens is 1270 g/mol. The number of nitrogens with two attached hydrogens (primary N) is 1. The quantitative estimate of drug-likeness (QED) is 0.0776. The van der Waals surface area contributed by atoms with Gasteiger partial charge in [0.25, 0.3) is 0 Å². The Morgan fingerprint density at radius 1 is 0.551 bits per heavy atom. The molecule has 78 heavy (non-hydrogen) atoms. The number of aromatic nitrogens is 2. The van der Waals surface area contributed by atoms with Crippen molar-refractivity contribution in [2.75, 3.05) is 0 Å². The molecule has 3 N–H and O–H groups in total. The molecule has 32 heteroatoms. The highest BCUT2D eigenvalue weighted by Crippen LogP contribution is 2.56. The Kier molecular flexibility index (Phi) is 21.6. The fourth-order valence-electron chi connectivity index (χ4n) is 6.59. The lowest BCUT2D eigenvalue weighted by atomic mass is 9.93. The second-order valence-corrected chi connectivity index (χ2v) is 21.3. The summed E-state index contributed by atoms with van der Waals surface area (Å²) in [4.78, 5) is 23.7. The number of benzene rings is 4. The van der Waals surface area contributed by atoms with Gasteiger partial charge in [0.2, 0.25) is 9.23 Å². The summed E-state index contributed by atoms with van der Waals surface area (Å²) in [7, 11) is 7.36. The lowest BCUT2D eigenvalue weighted by Gasteiger charge is -2.30. The van der Waals surface area contributed by atoms with E-state index in [-0.39, 0.29) is 98.2 Å². The van der Waals surface area contributed by atoms with E-state index in [2.05, 4.69) is 31.7 Å². The van der Waals surface area contributed by atoms with E-state index in [1.54, 1.807) is 0 Å². The van der Waals surface area contributed by atoms with Crippen LogP contribution in [0.1, 0.15) is 71.4 Å². The van der Waals surface area contributed by atoms with Crippen LogP contribution in [0.5, 0.6) is 0 Å². The highest BCUT2D eigenvalue weighted by atomic mass is 36.0. The summed E-state index contributed by atoms with van der Waals surface area (Å²) in [5.74, 6) is -1.67. The molecule has 2 aromatic heterocycles. The minimum Gasteiger partial charge on any atom is -0.478 e. The Bertz CT molecular complexity index is 3100.